The number of benzene rings is 1. The molecular weight excluding hydrogens is 504 g/mol. The number of aliphatic imine (C=N–C) groups is 1. The summed E-state index contributed by atoms with van der Waals surface area (Å²) in [6.45, 7) is 1.76. The average molecular weight is 527 g/mol. The number of carbonyl (C=O) groups excluding carboxylic acids is 1. The number of rotatable bonds is 7. The molecule has 2 aromatic rings. The second-order valence-electron chi connectivity index (χ2n) is 8.52. The van der Waals surface area contributed by atoms with Gasteiger partial charge in [0.25, 0.3) is 5.92 Å². The molecule has 0 radical (unpaired) electrons. The lowest BCUT2D eigenvalue weighted by atomic mass is 9.82. The number of nitrogens with zero attached hydrogens (tertiary/aromatic N) is 3. The highest BCUT2D eigenvalue weighted by molar-refractivity contribution is 7.11. The minimum absolute atomic E-state index is 0.0357. The van der Waals surface area contributed by atoms with Crippen LogP contribution in [0.15, 0.2) is 46.0 Å². The van der Waals surface area contributed by atoms with Crippen molar-refractivity contribution in [3.8, 4) is 0 Å². The third-order valence-electron chi connectivity index (χ3n) is 6.00. The number of thiazole rings is 1. The molecule has 0 bridgehead atoms. The van der Waals surface area contributed by atoms with Crippen molar-refractivity contribution in [2.45, 2.75) is 37.8 Å². The normalized spacial score (nSPS) is 23.8. The maximum atomic E-state index is 14.3. The summed E-state index contributed by atoms with van der Waals surface area (Å²) in [6.07, 6.45) is 0.614. The first-order chi connectivity index (χ1) is 16.9. The largest absolute Gasteiger partial charge is 0.480 e. The SMILES string of the molecule is CCOC(=O)C1=C(CN2CC(F)(F)C[C@H]2C(=O)O)NC(c2nccs2)=N[C@]1(C)c1ccc(F)c(F)c1. The molecular formula is C23H22F4N4O4S. The molecule has 1 aromatic heterocycles. The minimum Gasteiger partial charge on any atom is -0.480 e. The van der Waals surface area contributed by atoms with Crippen LogP contribution in [-0.2, 0) is 19.9 Å². The van der Waals surface area contributed by atoms with Gasteiger partial charge in [0.05, 0.1) is 18.7 Å². The number of carbonyl (C=O) groups is 2. The zero-order valence-corrected chi connectivity index (χ0v) is 20.0. The van der Waals surface area contributed by atoms with Gasteiger partial charge in [-0.2, -0.15) is 0 Å². The van der Waals surface area contributed by atoms with Crippen LogP contribution in [0.5, 0.6) is 0 Å². The maximum absolute atomic E-state index is 14.3. The number of alkyl halides is 2. The molecule has 1 aromatic carbocycles. The Morgan fingerprint density at radius 2 is 2.06 bits per heavy atom. The van der Waals surface area contributed by atoms with Gasteiger partial charge in [-0.15, -0.1) is 11.3 Å². The third-order valence-corrected chi connectivity index (χ3v) is 6.78. The lowest BCUT2D eigenvalue weighted by Gasteiger charge is -2.36. The van der Waals surface area contributed by atoms with Crippen LogP contribution in [-0.4, -0.2) is 64.4 Å². The van der Waals surface area contributed by atoms with Gasteiger partial charge in [-0.3, -0.25) is 9.69 Å². The zero-order chi connectivity index (χ0) is 26.3. The van der Waals surface area contributed by atoms with Crippen molar-refractivity contribution in [3.63, 3.8) is 0 Å². The molecule has 0 spiro atoms. The number of amidine groups is 1. The van der Waals surface area contributed by atoms with Crippen molar-refractivity contribution in [3.05, 3.63) is 63.3 Å². The monoisotopic (exact) mass is 526 g/mol. The van der Waals surface area contributed by atoms with Crippen LogP contribution in [0, 0.1) is 11.6 Å². The van der Waals surface area contributed by atoms with Crippen LogP contribution < -0.4 is 5.32 Å². The first-order valence-electron chi connectivity index (χ1n) is 10.9. The van der Waals surface area contributed by atoms with Crippen LogP contribution in [0.2, 0.25) is 0 Å². The predicted octanol–water partition coefficient (Wildman–Crippen LogP) is 3.30. The van der Waals surface area contributed by atoms with E-state index >= 15 is 0 Å². The molecule has 1 saturated heterocycles. The second-order valence-corrected chi connectivity index (χ2v) is 9.41. The summed E-state index contributed by atoms with van der Waals surface area (Å²) in [5.41, 5.74) is -1.65. The number of hydrogen-bond donors (Lipinski definition) is 2. The first-order valence-corrected chi connectivity index (χ1v) is 11.8. The molecule has 36 heavy (non-hydrogen) atoms. The maximum Gasteiger partial charge on any atom is 0.338 e. The van der Waals surface area contributed by atoms with Gasteiger partial charge >= 0.3 is 11.9 Å². The number of hydrogen-bond acceptors (Lipinski definition) is 8. The molecule has 2 aliphatic heterocycles. The summed E-state index contributed by atoms with van der Waals surface area (Å²) in [6, 6.07) is 1.54. The van der Waals surface area contributed by atoms with Crippen molar-refractivity contribution >= 4 is 29.1 Å². The molecule has 0 saturated carbocycles. The van der Waals surface area contributed by atoms with Crippen molar-refractivity contribution in [2.24, 2.45) is 4.99 Å². The Morgan fingerprint density at radius 1 is 1.31 bits per heavy atom. The van der Waals surface area contributed by atoms with Crippen LogP contribution in [0.1, 0.15) is 30.8 Å². The zero-order valence-electron chi connectivity index (χ0n) is 19.2. The lowest BCUT2D eigenvalue weighted by molar-refractivity contribution is -0.142. The number of ether oxygens (including phenoxy) is 1. The number of halogens is 4. The molecule has 4 rings (SSSR count). The van der Waals surface area contributed by atoms with E-state index in [1.807, 2.05) is 0 Å². The third kappa shape index (κ3) is 4.85. The van der Waals surface area contributed by atoms with Gasteiger partial charge in [-0.1, -0.05) is 6.07 Å². The van der Waals surface area contributed by atoms with E-state index in [1.165, 1.54) is 30.5 Å². The Labute approximate surface area is 207 Å². The number of aliphatic carboxylic acids is 1. The quantitative estimate of drug-likeness (QED) is 0.422. The van der Waals surface area contributed by atoms with E-state index in [2.05, 4.69) is 15.3 Å². The van der Waals surface area contributed by atoms with Gasteiger partial charge in [0.1, 0.15) is 11.6 Å². The van der Waals surface area contributed by atoms with Gasteiger partial charge in [0.15, 0.2) is 22.5 Å². The fourth-order valence-electron chi connectivity index (χ4n) is 4.40. The lowest BCUT2D eigenvalue weighted by Crippen LogP contribution is -2.47. The fourth-order valence-corrected chi connectivity index (χ4v) is 4.98. The highest BCUT2D eigenvalue weighted by atomic mass is 32.1. The molecule has 0 aliphatic carbocycles. The van der Waals surface area contributed by atoms with Crippen molar-refractivity contribution in [1.82, 2.24) is 15.2 Å². The van der Waals surface area contributed by atoms with Gasteiger partial charge in [0.2, 0.25) is 0 Å². The highest BCUT2D eigenvalue weighted by Crippen LogP contribution is 2.41. The summed E-state index contributed by atoms with van der Waals surface area (Å²) >= 11 is 1.20. The van der Waals surface area contributed by atoms with Crippen molar-refractivity contribution in [1.29, 1.82) is 0 Å². The number of esters is 1. The number of likely N-dealkylation sites (tertiary alicyclic amines) is 1. The Bertz CT molecular complexity index is 1250. The first kappa shape index (κ1) is 25.8. The van der Waals surface area contributed by atoms with Crippen LogP contribution >= 0.6 is 11.3 Å². The summed E-state index contributed by atoms with van der Waals surface area (Å²) in [4.78, 5) is 34.8. The Balaban J connectivity index is 1.90. The number of nitrogens with one attached hydrogen (secondary N) is 1. The minimum atomic E-state index is -3.25. The van der Waals surface area contributed by atoms with E-state index in [-0.39, 0.29) is 29.3 Å². The smallest absolute Gasteiger partial charge is 0.338 e. The molecule has 3 heterocycles. The predicted molar refractivity (Wildman–Crippen MR) is 122 cm³/mol. The molecule has 0 amide bonds. The van der Waals surface area contributed by atoms with E-state index in [0.29, 0.717) is 5.01 Å². The van der Waals surface area contributed by atoms with Crippen molar-refractivity contribution < 1.29 is 37.0 Å². The van der Waals surface area contributed by atoms with Gasteiger partial charge in [-0.25, -0.2) is 32.3 Å². The van der Waals surface area contributed by atoms with E-state index in [9.17, 15) is 32.3 Å². The summed E-state index contributed by atoms with van der Waals surface area (Å²) < 4.78 is 61.6. The van der Waals surface area contributed by atoms with E-state index in [4.69, 9.17) is 4.74 Å². The Hall–Kier alpha value is -3.32. The van der Waals surface area contributed by atoms with Crippen LogP contribution in [0.4, 0.5) is 17.6 Å². The molecule has 13 heteroatoms. The standard InChI is InChI=1S/C23H22F4N4O4S/c1-3-35-21(34)17-15(10-31-11-23(26,27)9-16(31)20(32)33)29-18(19-28-6-7-36-19)30-22(17,2)12-4-5-13(24)14(25)8-12/h4-8,16H,3,9-11H2,1-2H3,(H,29,30)(H,32,33)/t16-,22+/m0/s1. The fraction of sp³-hybridized carbons (Fsp3) is 0.391. The molecule has 0 unspecified atom stereocenters. The van der Waals surface area contributed by atoms with E-state index in [1.54, 1.807) is 12.3 Å². The van der Waals surface area contributed by atoms with E-state index < -0.39 is 60.6 Å². The summed E-state index contributed by atoms with van der Waals surface area (Å²) in [5.74, 6) is -7.68. The van der Waals surface area contributed by atoms with E-state index in [0.717, 1.165) is 17.0 Å². The molecule has 1 fully saturated rings. The topological polar surface area (TPSA) is 104 Å². The molecule has 8 nitrogen and oxygen atoms in total. The van der Waals surface area contributed by atoms with Gasteiger partial charge in [0, 0.05) is 30.2 Å². The summed E-state index contributed by atoms with van der Waals surface area (Å²) in [5, 5.41) is 14.5. The Morgan fingerprint density at radius 3 is 2.67 bits per heavy atom. The summed E-state index contributed by atoms with van der Waals surface area (Å²) in [7, 11) is 0. The molecule has 192 valence electrons. The van der Waals surface area contributed by atoms with Crippen LogP contribution in [0.25, 0.3) is 0 Å². The van der Waals surface area contributed by atoms with Crippen molar-refractivity contribution in [2.75, 3.05) is 19.7 Å². The van der Waals surface area contributed by atoms with Gasteiger partial charge < -0.3 is 15.2 Å². The number of carboxylic acids is 1. The molecule has 2 N–H and O–H groups in total. The highest BCUT2D eigenvalue weighted by Gasteiger charge is 2.50. The number of carboxylic acid groups (broad SMARTS) is 1. The molecule has 2 atom stereocenters. The molecule has 2 aliphatic rings. The van der Waals surface area contributed by atoms with Crippen LogP contribution in [0.3, 0.4) is 0 Å². The van der Waals surface area contributed by atoms with Gasteiger partial charge in [-0.05, 0) is 31.5 Å². The average Bonchev–Trinajstić information content (AvgIpc) is 3.43. The Kier molecular flexibility index (Phi) is 6.88. The second kappa shape index (κ2) is 9.62. The number of aromatic nitrogens is 1.